The molecule has 164 valence electrons. The van der Waals surface area contributed by atoms with E-state index in [1.807, 2.05) is 0 Å². The Bertz CT molecular complexity index is 840. The normalized spacial score (nSPS) is 13.6. The van der Waals surface area contributed by atoms with E-state index in [4.69, 9.17) is 10.5 Å². The summed E-state index contributed by atoms with van der Waals surface area (Å²) in [6, 6.07) is 8.49. The van der Waals surface area contributed by atoms with Crippen molar-refractivity contribution < 1.29 is 36.2 Å². The van der Waals surface area contributed by atoms with E-state index in [2.05, 4.69) is 10.1 Å². The van der Waals surface area contributed by atoms with E-state index in [0.29, 0.717) is 11.8 Å². The van der Waals surface area contributed by atoms with Crippen LogP contribution in [0.15, 0.2) is 42.5 Å². The predicted octanol–water partition coefficient (Wildman–Crippen LogP) is 3.11. The zero-order chi connectivity index (χ0) is 22.3. The van der Waals surface area contributed by atoms with Gasteiger partial charge in [0.05, 0.1) is 7.11 Å². The van der Waals surface area contributed by atoms with Crippen LogP contribution in [0.3, 0.4) is 0 Å². The van der Waals surface area contributed by atoms with Gasteiger partial charge in [0.15, 0.2) is 0 Å². The average Bonchev–Trinajstić information content (AvgIpc) is 2.65. The summed E-state index contributed by atoms with van der Waals surface area (Å²) in [6.45, 7) is 0.0244. The number of carbonyl (C=O) groups excluding carboxylic acids is 1. The quantitative estimate of drug-likeness (QED) is 0.471. The molecule has 2 rings (SSSR count). The zero-order valence-electron chi connectivity index (χ0n) is 16.0. The number of alkyl halides is 3. The number of nitrogens with two attached hydrogens (primary N) is 1. The number of benzene rings is 2. The molecule has 0 saturated heterocycles. The lowest BCUT2D eigenvalue weighted by Crippen LogP contribution is -2.47. The molecule has 0 bridgehead atoms. The summed E-state index contributed by atoms with van der Waals surface area (Å²) in [5.74, 6) is -3.50. The molecule has 0 radical (unpaired) electrons. The number of ether oxygens (including phenoxy) is 2. The highest BCUT2D eigenvalue weighted by Crippen LogP contribution is 2.19. The van der Waals surface area contributed by atoms with E-state index in [0.717, 1.165) is 17.7 Å². The summed E-state index contributed by atoms with van der Waals surface area (Å²) in [5, 5.41) is 2.87. The van der Waals surface area contributed by atoms with Crippen molar-refractivity contribution in [3.05, 3.63) is 65.2 Å². The molecule has 3 N–H and O–H groups in total. The Morgan fingerprint density at radius 2 is 1.77 bits per heavy atom. The Morgan fingerprint density at radius 3 is 2.37 bits per heavy atom. The van der Waals surface area contributed by atoms with Crippen LogP contribution >= 0.6 is 0 Å². The number of carbonyl (C=O) groups is 1. The van der Waals surface area contributed by atoms with Gasteiger partial charge < -0.3 is 20.5 Å². The minimum Gasteiger partial charge on any atom is -0.497 e. The van der Waals surface area contributed by atoms with Crippen molar-refractivity contribution in [2.75, 3.05) is 13.7 Å². The number of halogens is 5. The van der Waals surface area contributed by atoms with Gasteiger partial charge in [-0.05, 0) is 41.8 Å². The summed E-state index contributed by atoms with van der Waals surface area (Å²) in [4.78, 5) is 11.3. The predicted molar refractivity (Wildman–Crippen MR) is 98.7 cm³/mol. The lowest BCUT2D eigenvalue weighted by Gasteiger charge is -2.25. The highest BCUT2D eigenvalue weighted by molar-refractivity contribution is 5.75. The topological polar surface area (TPSA) is 73.6 Å². The molecule has 2 aromatic carbocycles. The molecule has 0 amide bonds. The van der Waals surface area contributed by atoms with Crippen LogP contribution in [0.5, 0.6) is 5.75 Å². The van der Waals surface area contributed by atoms with Crippen LogP contribution in [0.4, 0.5) is 22.0 Å². The number of nitrogens with one attached hydrogen (secondary N) is 1. The summed E-state index contributed by atoms with van der Waals surface area (Å²) >= 11 is 0. The number of hydrogen-bond donors (Lipinski definition) is 2. The first kappa shape index (κ1) is 23.6. The number of methoxy groups -OCH3 is 1. The van der Waals surface area contributed by atoms with Gasteiger partial charge in [-0.15, -0.1) is 0 Å². The van der Waals surface area contributed by atoms with Crippen LogP contribution in [0.25, 0.3) is 0 Å². The highest BCUT2D eigenvalue weighted by Gasteiger charge is 2.43. The van der Waals surface area contributed by atoms with E-state index in [1.165, 1.54) is 7.11 Å². The van der Waals surface area contributed by atoms with Crippen molar-refractivity contribution in [2.24, 2.45) is 5.73 Å². The molecule has 2 aromatic rings. The average molecular weight is 432 g/mol. The van der Waals surface area contributed by atoms with Gasteiger partial charge in [-0.2, -0.15) is 13.2 Å². The molecule has 0 saturated carbocycles. The highest BCUT2D eigenvalue weighted by atomic mass is 19.4. The zero-order valence-corrected chi connectivity index (χ0v) is 16.0. The molecule has 0 aliphatic heterocycles. The van der Waals surface area contributed by atoms with Crippen LogP contribution in [-0.4, -0.2) is 37.9 Å². The second-order valence-corrected chi connectivity index (χ2v) is 6.57. The first-order valence-corrected chi connectivity index (χ1v) is 8.90. The molecule has 0 aliphatic carbocycles. The standard InChI is InChI=1S/C20H21F5N2O3/c1-29-16-4-2-3-12(7-16)10-27-11-18(30-19(28)20(23,24)25)17(26)8-13-5-14(21)9-15(22)6-13/h2-7,9,17-18,27H,8,10-11,26H2,1H3. The maximum atomic E-state index is 13.4. The lowest BCUT2D eigenvalue weighted by molar-refractivity contribution is -0.205. The monoisotopic (exact) mass is 432 g/mol. The molecule has 5 nitrogen and oxygen atoms in total. The van der Waals surface area contributed by atoms with E-state index in [-0.39, 0.29) is 25.1 Å². The fraction of sp³-hybridized carbons (Fsp3) is 0.350. The molecule has 2 unspecified atom stereocenters. The van der Waals surface area contributed by atoms with Crippen molar-refractivity contribution in [1.82, 2.24) is 5.32 Å². The number of rotatable bonds is 9. The van der Waals surface area contributed by atoms with E-state index in [9.17, 15) is 26.7 Å². The van der Waals surface area contributed by atoms with Gasteiger partial charge in [0, 0.05) is 25.2 Å². The van der Waals surface area contributed by atoms with Crippen molar-refractivity contribution in [3.8, 4) is 5.75 Å². The fourth-order valence-corrected chi connectivity index (χ4v) is 2.76. The SMILES string of the molecule is COc1cccc(CNCC(OC(=O)C(F)(F)F)C(N)Cc2cc(F)cc(F)c2)c1. The van der Waals surface area contributed by atoms with Crippen LogP contribution in [0.2, 0.25) is 0 Å². The van der Waals surface area contributed by atoms with Crippen LogP contribution < -0.4 is 15.8 Å². The van der Waals surface area contributed by atoms with Gasteiger partial charge in [0.1, 0.15) is 23.5 Å². The number of hydrogen-bond acceptors (Lipinski definition) is 5. The minimum atomic E-state index is -5.20. The molecule has 0 aliphatic rings. The second-order valence-electron chi connectivity index (χ2n) is 6.57. The van der Waals surface area contributed by atoms with Crippen molar-refractivity contribution >= 4 is 5.97 Å². The second kappa shape index (κ2) is 10.4. The van der Waals surface area contributed by atoms with Crippen LogP contribution in [-0.2, 0) is 22.5 Å². The molecule has 0 spiro atoms. The lowest BCUT2D eigenvalue weighted by atomic mass is 10.0. The summed E-state index contributed by atoms with van der Waals surface area (Å²) in [7, 11) is 1.49. The number of esters is 1. The molecule has 30 heavy (non-hydrogen) atoms. The van der Waals surface area contributed by atoms with Gasteiger partial charge in [0.2, 0.25) is 0 Å². The van der Waals surface area contributed by atoms with Crippen molar-refractivity contribution in [2.45, 2.75) is 31.3 Å². The maximum absolute atomic E-state index is 13.4. The third kappa shape index (κ3) is 7.27. The minimum absolute atomic E-state index is 0.126. The fourth-order valence-electron chi connectivity index (χ4n) is 2.76. The van der Waals surface area contributed by atoms with Gasteiger partial charge in [-0.1, -0.05) is 12.1 Å². The summed E-state index contributed by atoms with van der Waals surface area (Å²) in [5.41, 5.74) is 6.82. The first-order valence-electron chi connectivity index (χ1n) is 8.90. The third-order valence-corrected chi connectivity index (χ3v) is 4.17. The maximum Gasteiger partial charge on any atom is 0.490 e. The molecule has 0 heterocycles. The third-order valence-electron chi connectivity index (χ3n) is 4.17. The van der Waals surface area contributed by atoms with Crippen LogP contribution in [0, 0.1) is 11.6 Å². The molecular weight excluding hydrogens is 411 g/mol. The van der Waals surface area contributed by atoms with Gasteiger partial charge in [-0.3, -0.25) is 0 Å². The van der Waals surface area contributed by atoms with Gasteiger partial charge in [0.25, 0.3) is 0 Å². The van der Waals surface area contributed by atoms with Gasteiger partial charge >= 0.3 is 12.1 Å². The molecule has 0 aromatic heterocycles. The van der Waals surface area contributed by atoms with Crippen molar-refractivity contribution in [1.29, 1.82) is 0 Å². The van der Waals surface area contributed by atoms with Crippen LogP contribution in [0.1, 0.15) is 11.1 Å². The first-order chi connectivity index (χ1) is 14.1. The summed E-state index contributed by atoms with van der Waals surface area (Å²) in [6.07, 6.45) is -6.79. The largest absolute Gasteiger partial charge is 0.497 e. The molecule has 0 fully saturated rings. The van der Waals surface area contributed by atoms with Gasteiger partial charge in [-0.25, -0.2) is 13.6 Å². The molecular formula is C20H21F5N2O3. The Hall–Kier alpha value is -2.72. The summed E-state index contributed by atoms with van der Waals surface area (Å²) < 4.78 is 74.2. The van der Waals surface area contributed by atoms with Crippen molar-refractivity contribution in [3.63, 3.8) is 0 Å². The van der Waals surface area contributed by atoms with E-state index in [1.54, 1.807) is 24.3 Å². The van der Waals surface area contributed by atoms with E-state index < -0.39 is 35.9 Å². The molecule has 2 atom stereocenters. The molecule has 10 heteroatoms. The Labute approximate surface area is 170 Å². The Balaban J connectivity index is 2.07. The Kier molecular flexibility index (Phi) is 8.13. The van der Waals surface area contributed by atoms with E-state index >= 15 is 0 Å². The Morgan fingerprint density at radius 1 is 1.10 bits per heavy atom. The smallest absolute Gasteiger partial charge is 0.490 e.